The van der Waals surface area contributed by atoms with Crippen LogP contribution in [0.2, 0.25) is 10.6 Å². The number of rotatable bonds is 10. The second kappa shape index (κ2) is 16.1. The first-order chi connectivity index (χ1) is 14.1. The molecule has 0 fully saturated rings. The summed E-state index contributed by atoms with van der Waals surface area (Å²) in [4.78, 5) is 0. The molecule has 0 radical (unpaired) electrons. The zero-order valence-corrected chi connectivity index (χ0v) is 20.5. The van der Waals surface area contributed by atoms with Gasteiger partial charge in [0.1, 0.15) is 11.5 Å². The van der Waals surface area contributed by atoms with E-state index in [2.05, 4.69) is 24.5 Å². The van der Waals surface area contributed by atoms with Crippen molar-refractivity contribution in [1.82, 2.24) is 0 Å². The number of ether oxygens (including phenoxy) is 2. The minimum atomic E-state index is 0.411. The molecule has 0 aliphatic carbocycles. The fraction of sp³-hybridized carbons (Fsp3) is 0.435. The lowest BCUT2D eigenvalue weighted by Crippen LogP contribution is -2.18. The van der Waals surface area contributed by atoms with Crippen LogP contribution in [0.15, 0.2) is 48.5 Å². The van der Waals surface area contributed by atoms with E-state index in [-0.39, 0.29) is 0 Å². The van der Waals surface area contributed by atoms with E-state index < -0.39 is 0 Å². The molecule has 158 valence electrons. The minimum absolute atomic E-state index is 0.411. The van der Waals surface area contributed by atoms with E-state index in [0.717, 1.165) is 22.9 Å². The highest BCUT2D eigenvalue weighted by molar-refractivity contribution is 7.80. The number of thiocarbonyl (C=S) groups is 1. The molecule has 0 aliphatic rings. The van der Waals surface area contributed by atoms with E-state index in [1.165, 1.54) is 12.8 Å². The predicted molar refractivity (Wildman–Crippen MR) is 132 cm³/mol. The Balaban J connectivity index is 0.000000516. The van der Waals surface area contributed by atoms with Crippen molar-refractivity contribution < 1.29 is 9.47 Å². The summed E-state index contributed by atoms with van der Waals surface area (Å²) in [6.07, 6.45) is 2.85. The Morgan fingerprint density at radius 3 is 1.41 bits per heavy atom. The molecule has 0 amide bonds. The molecule has 0 heterocycles. The highest BCUT2D eigenvalue weighted by Gasteiger charge is 2.00. The minimum Gasteiger partial charge on any atom is -0.494 e. The maximum absolute atomic E-state index is 5.40. The zero-order chi connectivity index (χ0) is 21.3. The van der Waals surface area contributed by atoms with Crippen LogP contribution < -0.4 is 20.1 Å². The fourth-order valence-electron chi connectivity index (χ4n) is 2.57. The monoisotopic (exact) mass is 430 g/mol. The Labute approximate surface area is 188 Å². The average Bonchev–Trinajstić information content (AvgIpc) is 2.72. The topological polar surface area (TPSA) is 42.5 Å². The van der Waals surface area contributed by atoms with Crippen LogP contribution in [-0.4, -0.2) is 33.5 Å². The molecule has 2 aromatic rings. The summed E-state index contributed by atoms with van der Waals surface area (Å²) in [5, 5.41) is 9.93. The first-order valence-corrected chi connectivity index (χ1v) is 13.1. The molecule has 0 saturated heterocycles. The molecule has 0 spiro atoms. The Kier molecular flexibility index (Phi) is 14.0. The molecule has 0 saturated carbocycles. The number of benzene rings is 2. The van der Waals surface area contributed by atoms with E-state index in [1.54, 1.807) is 10.6 Å². The highest BCUT2D eigenvalue weighted by Crippen LogP contribution is 2.18. The van der Waals surface area contributed by atoms with Gasteiger partial charge in [-0.1, -0.05) is 37.3 Å². The highest BCUT2D eigenvalue weighted by atomic mass is 32.1. The van der Waals surface area contributed by atoms with Crippen LogP contribution in [0, 0.1) is 0 Å². The molecule has 0 unspecified atom stereocenters. The van der Waals surface area contributed by atoms with Gasteiger partial charge in [-0.15, -0.1) is 0 Å². The van der Waals surface area contributed by atoms with Crippen LogP contribution in [0.1, 0.15) is 40.5 Å². The summed E-state index contributed by atoms with van der Waals surface area (Å²) >= 11 is 5.71. The van der Waals surface area contributed by atoms with Crippen molar-refractivity contribution in [2.45, 2.75) is 51.1 Å². The first kappa shape index (κ1) is 25.3. The van der Waals surface area contributed by atoms with Crippen LogP contribution >= 0.6 is 12.2 Å². The number of nitrogens with one attached hydrogen (secondary N) is 2. The second-order valence-corrected chi connectivity index (χ2v) is 9.08. The molecule has 2 aromatic carbocycles. The summed E-state index contributed by atoms with van der Waals surface area (Å²) < 4.78 is 10.8. The molecule has 2 N–H and O–H groups in total. The largest absolute Gasteiger partial charge is 0.494 e. The molecule has 29 heavy (non-hydrogen) atoms. The lowest BCUT2D eigenvalue weighted by molar-refractivity contribution is 0.340. The Morgan fingerprint density at radius 1 is 0.724 bits per heavy atom. The van der Waals surface area contributed by atoms with Crippen LogP contribution in [-0.2, 0) is 0 Å². The maximum atomic E-state index is 5.40. The van der Waals surface area contributed by atoms with E-state index in [0.29, 0.717) is 33.5 Å². The van der Waals surface area contributed by atoms with Crippen LogP contribution in [0.4, 0.5) is 11.4 Å². The average molecular weight is 431 g/mol. The summed E-state index contributed by atoms with van der Waals surface area (Å²) in [7, 11) is 0. The van der Waals surface area contributed by atoms with Gasteiger partial charge in [-0.3, -0.25) is 0 Å². The Hall–Kier alpha value is -1.74. The third-order valence-corrected chi connectivity index (χ3v) is 6.67. The van der Waals surface area contributed by atoms with Gasteiger partial charge in [0, 0.05) is 11.4 Å². The molecule has 0 atom stereocenters. The van der Waals surface area contributed by atoms with Gasteiger partial charge in [0.25, 0.3) is 0 Å². The second-order valence-electron chi connectivity index (χ2n) is 6.55. The van der Waals surface area contributed by atoms with Crippen LogP contribution in [0.3, 0.4) is 0 Å². The van der Waals surface area contributed by atoms with Gasteiger partial charge in [0.15, 0.2) is 5.11 Å². The lowest BCUT2D eigenvalue weighted by Gasteiger charge is -2.12. The Morgan fingerprint density at radius 2 is 1.10 bits per heavy atom. The van der Waals surface area contributed by atoms with Crippen molar-refractivity contribution in [3.05, 3.63) is 48.5 Å². The fourth-order valence-corrected chi connectivity index (χ4v) is 4.16. The van der Waals surface area contributed by atoms with E-state index in [1.807, 2.05) is 62.4 Å². The van der Waals surface area contributed by atoms with Crippen molar-refractivity contribution >= 4 is 43.9 Å². The van der Waals surface area contributed by atoms with Gasteiger partial charge in [0.05, 0.1) is 13.2 Å². The molecular weight excluding hydrogens is 395 g/mol. The summed E-state index contributed by atoms with van der Waals surface area (Å²) in [5.41, 5.74) is 1.82. The summed E-state index contributed by atoms with van der Waals surface area (Å²) in [5.74, 6) is 1.69. The SMILES string of the molecule is CCOc1ccc(NC(=S)Nc2ccc(OCC)cc2)cc1.CC[CH2][AlH][CH2]CC. The van der Waals surface area contributed by atoms with Gasteiger partial charge in [-0.25, -0.2) is 0 Å². The lowest BCUT2D eigenvalue weighted by atomic mass is 10.3. The summed E-state index contributed by atoms with van der Waals surface area (Å²) in [6, 6.07) is 15.3. The standard InChI is InChI=1S/C17H20N2O2S.2C3H7.Al.H/c1-3-20-15-9-5-13(6-10-15)18-17(22)19-14-7-11-16(12-8-14)21-4-2;2*1-3-2;;/h5-12H,3-4H2,1-2H3,(H2,18,19,22);2*1,3H2,2H3;;. The third kappa shape index (κ3) is 11.8. The zero-order valence-electron chi connectivity index (χ0n) is 18.3. The van der Waals surface area contributed by atoms with Crippen molar-refractivity contribution in [3.8, 4) is 11.5 Å². The van der Waals surface area contributed by atoms with E-state index >= 15 is 0 Å². The van der Waals surface area contributed by atoms with Gasteiger partial charge in [-0.2, -0.15) is 0 Å². The maximum Gasteiger partial charge on any atom is 0.236 e. The molecule has 0 aromatic heterocycles. The van der Waals surface area contributed by atoms with Gasteiger partial charge in [-0.05, 0) is 74.6 Å². The molecule has 0 bridgehead atoms. The van der Waals surface area contributed by atoms with E-state index in [9.17, 15) is 0 Å². The van der Waals surface area contributed by atoms with Gasteiger partial charge in [0.2, 0.25) is 15.2 Å². The Bertz CT molecular complexity index is 621. The molecular formula is C23H35AlN2O2S. The molecule has 0 aliphatic heterocycles. The van der Waals surface area contributed by atoms with Crippen LogP contribution in [0.25, 0.3) is 0 Å². The van der Waals surface area contributed by atoms with Crippen molar-refractivity contribution in [3.63, 3.8) is 0 Å². The number of anilines is 2. The number of hydrogen-bond donors (Lipinski definition) is 2. The molecule has 2 rings (SSSR count). The molecule has 6 heteroatoms. The quantitative estimate of drug-likeness (QED) is 0.260. The third-order valence-electron chi connectivity index (χ3n) is 4.05. The van der Waals surface area contributed by atoms with Crippen molar-refractivity contribution in [2.75, 3.05) is 23.8 Å². The first-order valence-electron chi connectivity index (χ1n) is 10.7. The summed E-state index contributed by atoms with van der Waals surface area (Å²) in [6.45, 7) is 9.80. The predicted octanol–water partition coefficient (Wildman–Crippen LogP) is 6.37. The smallest absolute Gasteiger partial charge is 0.236 e. The normalized spacial score (nSPS) is 9.66. The number of hydrogen-bond acceptors (Lipinski definition) is 3. The van der Waals surface area contributed by atoms with Crippen LogP contribution in [0.5, 0.6) is 11.5 Å². The van der Waals surface area contributed by atoms with E-state index in [4.69, 9.17) is 21.7 Å². The van der Waals surface area contributed by atoms with Gasteiger partial charge >= 0.3 is 0 Å². The molecule has 4 nitrogen and oxygen atoms in total. The van der Waals surface area contributed by atoms with Crippen molar-refractivity contribution in [2.24, 2.45) is 0 Å². The van der Waals surface area contributed by atoms with Crippen molar-refractivity contribution in [1.29, 1.82) is 0 Å². The van der Waals surface area contributed by atoms with Gasteiger partial charge < -0.3 is 20.1 Å².